The van der Waals surface area contributed by atoms with Gasteiger partial charge in [0.05, 0.1) is 19.8 Å². The molecule has 138 valence electrons. The lowest BCUT2D eigenvalue weighted by Gasteiger charge is -2.25. The second-order valence-corrected chi connectivity index (χ2v) is 5.87. The fourth-order valence-corrected chi connectivity index (χ4v) is 2.27. The molecule has 2 saturated heterocycles. The summed E-state index contributed by atoms with van der Waals surface area (Å²) in [5.41, 5.74) is -1.21. The van der Waals surface area contributed by atoms with Gasteiger partial charge in [-0.3, -0.25) is 0 Å². The summed E-state index contributed by atoms with van der Waals surface area (Å²) in [6.07, 6.45) is 4.40. The summed E-state index contributed by atoms with van der Waals surface area (Å²) in [5.74, 6) is -1.69. The van der Waals surface area contributed by atoms with Crippen LogP contribution in [0.25, 0.3) is 0 Å². The smallest absolute Gasteiger partial charge is 0.335 e. The Balaban J connectivity index is 1.73. The van der Waals surface area contributed by atoms with E-state index in [-0.39, 0.29) is 24.2 Å². The Morgan fingerprint density at radius 3 is 2.58 bits per heavy atom. The lowest BCUT2D eigenvalue weighted by molar-refractivity contribution is -0.131. The van der Waals surface area contributed by atoms with E-state index in [1.54, 1.807) is 6.07 Å². The van der Waals surface area contributed by atoms with E-state index in [0.717, 1.165) is 12.2 Å². The molecule has 8 heteroatoms. The summed E-state index contributed by atoms with van der Waals surface area (Å²) in [4.78, 5) is 23.0. The van der Waals surface area contributed by atoms with Crippen molar-refractivity contribution < 1.29 is 38.7 Å². The van der Waals surface area contributed by atoms with E-state index in [9.17, 15) is 14.7 Å². The SMILES string of the molecule is O=C(O)C=CC(C=CC(=O)Oc1cccc(O)c1)(OCC1CO1)C1CO1. The number of carbonyl (C=O) groups excluding carboxylic acids is 1. The topological polar surface area (TPSA) is 118 Å². The summed E-state index contributed by atoms with van der Waals surface area (Å²) in [5, 5.41) is 18.3. The first-order valence-corrected chi connectivity index (χ1v) is 7.96. The molecule has 0 saturated carbocycles. The van der Waals surface area contributed by atoms with Crippen molar-refractivity contribution in [3.8, 4) is 11.5 Å². The summed E-state index contributed by atoms with van der Waals surface area (Å²) < 4.78 is 21.3. The van der Waals surface area contributed by atoms with E-state index in [2.05, 4.69) is 0 Å². The van der Waals surface area contributed by atoms with Gasteiger partial charge >= 0.3 is 11.9 Å². The predicted molar refractivity (Wildman–Crippen MR) is 87.8 cm³/mol. The zero-order valence-electron chi connectivity index (χ0n) is 13.7. The van der Waals surface area contributed by atoms with Crippen molar-refractivity contribution in [1.82, 2.24) is 0 Å². The van der Waals surface area contributed by atoms with E-state index in [4.69, 9.17) is 24.1 Å². The van der Waals surface area contributed by atoms with Crippen LogP contribution in [-0.4, -0.2) is 59.8 Å². The molecule has 0 aliphatic carbocycles. The van der Waals surface area contributed by atoms with Crippen LogP contribution in [0.3, 0.4) is 0 Å². The molecule has 26 heavy (non-hydrogen) atoms. The first-order chi connectivity index (χ1) is 12.5. The third-order valence-electron chi connectivity index (χ3n) is 3.76. The molecule has 3 rings (SSSR count). The Labute approximate surface area is 149 Å². The van der Waals surface area contributed by atoms with E-state index < -0.39 is 23.6 Å². The van der Waals surface area contributed by atoms with E-state index in [1.807, 2.05) is 0 Å². The molecule has 2 heterocycles. The van der Waals surface area contributed by atoms with Crippen LogP contribution in [0.5, 0.6) is 11.5 Å². The van der Waals surface area contributed by atoms with Gasteiger partial charge in [0.1, 0.15) is 29.3 Å². The molecule has 1 aromatic carbocycles. The Morgan fingerprint density at radius 1 is 1.23 bits per heavy atom. The van der Waals surface area contributed by atoms with Gasteiger partial charge < -0.3 is 29.2 Å². The average molecular weight is 362 g/mol. The number of phenolic OH excluding ortho intramolecular Hbond substituents is 1. The van der Waals surface area contributed by atoms with Gasteiger partial charge in [-0.15, -0.1) is 0 Å². The Bertz CT molecular complexity index is 732. The van der Waals surface area contributed by atoms with Gasteiger partial charge in [0.15, 0.2) is 0 Å². The van der Waals surface area contributed by atoms with Gasteiger partial charge in [-0.25, -0.2) is 9.59 Å². The van der Waals surface area contributed by atoms with Crippen LogP contribution in [0.2, 0.25) is 0 Å². The van der Waals surface area contributed by atoms with Crippen molar-refractivity contribution >= 4 is 11.9 Å². The average Bonchev–Trinajstić information content (AvgIpc) is 3.46. The van der Waals surface area contributed by atoms with E-state index in [0.29, 0.717) is 13.2 Å². The van der Waals surface area contributed by atoms with Crippen LogP contribution in [0.1, 0.15) is 0 Å². The number of aromatic hydroxyl groups is 1. The number of ether oxygens (including phenoxy) is 4. The number of hydrogen-bond acceptors (Lipinski definition) is 7. The van der Waals surface area contributed by atoms with Crippen molar-refractivity contribution in [3.05, 3.63) is 48.6 Å². The standard InChI is InChI=1S/C18H18O8/c19-12-2-1-3-13(8-12)26-17(22)5-7-18(15-11-24-15,6-4-16(20)21)25-10-14-9-23-14/h1-8,14-15,19H,9-11H2,(H,20,21). The number of esters is 1. The third-order valence-corrected chi connectivity index (χ3v) is 3.76. The fourth-order valence-electron chi connectivity index (χ4n) is 2.27. The molecule has 2 N–H and O–H groups in total. The van der Waals surface area contributed by atoms with Crippen LogP contribution in [0, 0.1) is 0 Å². The molecule has 8 nitrogen and oxygen atoms in total. The maximum absolute atomic E-state index is 12.0. The fraction of sp³-hybridized carbons (Fsp3) is 0.333. The third kappa shape index (κ3) is 5.16. The van der Waals surface area contributed by atoms with Gasteiger partial charge in [-0.1, -0.05) is 6.07 Å². The zero-order valence-corrected chi connectivity index (χ0v) is 13.7. The second-order valence-electron chi connectivity index (χ2n) is 5.87. The first kappa shape index (κ1) is 18.1. The number of carbonyl (C=O) groups is 2. The molecule has 2 aliphatic rings. The highest BCUT2D eigenvalue weighted by Crippen LogP contribution is 2.32. The molecule has 3 atom stereocenters. The number of rotatable bonds is 9. The number of carboxylic acid groups (broad SMARTS) is 1. The number of carboxylic acids is 1. The van der Waals surface area contributed by atoms with E-state index in [1.165, 1.54) is 30.4 Å². The van der Waals surface area contributed by atoms with Gasteiger partial charge in [0.2, 0.25) is 0 Å². The summed E-state index contributed by atoms with van der Waals surface area (Å²) in [6.45, 7) is 1.20. The monoisotopic (exact) mass is 362 g/mol. The van der Waals surface area contributed by atoms with Crippen LogP contribution in [-0.2, 0) is 23.8 Å². The molecule has 3 unspecified atom stereocenters. The summed E-state index contributed by atoms with van der Waals surface area (Å²) >= 11 is 0. The number of benzene rings is 1. The van der Waals surface area contributed by atoms with Crippen LogP contribution in [0.4, 0.5) is 0 Å². The normalized spacial score (nSPS) is 23.7. The minimum Gasteiger partial charge on any atom is -0.508 e. The zero-order chi connectivity index (χ0) is 18.6. The molecule has 2 aliphatic heterocycles. The van der Waals surface area contributed by atoms with Gasteiger partial charge in [0, 0.05) is 18.2 Å². The molecule has 0 radical (unpaired) electrons. The maximum atomic E-state index is 12.0. The minimum atomic E-state index is -1.21. The highest BCUT2D eigenvalue weighted by Gasteiger charge is 2.46. The maximum Gasteiger partial charge on any atom is 0.335 e. The minimum absolute atomic E-state index is 0.0304. The van der Waals surface area contributed by atoms with E-state index >= 15 is 0 Å². The molecule has 2 fully saturated rings. The van der Waals surface area contributed by atoms with Crippen LogP contribution >= 0.6 is 0 Å². The Hall–Kier alpha value is -2.68. The summed E-state index contributed by atoms with van der Waals surface area (Å²) in [6, 6.07) is 5.81. The Kier molecular flexibility index (Phi) is 5.36. The number of phenols is 1. The van der Waals surface area contributed by atoms with Crippen molar-refractivity contribution in [2.24, 2.45) is 0 Å². The number of hydrogen-bond donors (Lipinski definition) is 2. The highest BCUT2D eigenvalue weighted by molar-refractivity contribution is 5.84. The van der Waals surface area contributed by atoms with Gasteiger partial charge in [0.25, 0.3) is 0 Å². The second kappa shape index (κ2) is 7.69. The molecular formula is C18H18O8. The van der Waals surface area contributed by atoms with Gasteiger partial charge in [-0.2, -0.15) is 0 Å². The van der Waals surface area contributed by atoms with Crippen LogP contribution < -0.4 is 4.74 Å². The molecule has 0 amide bonds. The Morgan fingerprint density at radius 2 is 1.96 bits per heavy atom. The van der Waals surface area contributed by atoms with Crippen LogP contribution in [0.15, 0.2) is 48.6 Å². The van der Waals surface area contributed by atoms with Crippen molar-refractivity contribution in [2.75, 3.05) is 19.8 Å². The van der Waals surface area contributed by atoms with Crippen molar-refractivity contribution in [2.45, 2.75) is 17.8 Å². The number of aliphatic carboxylic acids is 1. The lowest BCUT2D eigenvalue weighted by Crippen LogP contribution is -2.36. The van der Waals surface area contributed by atoms with Gasteiger partial charge in [-0.05, 0) is 24.3 Å². The highest BCUT2D eigenvalue weighted by atomic mass is 16.6. The first-order valence-electron chi connectivity index (χ1n) is 7.96. The largest absolute Gasteiger partial charge is 0.508 e. The lowest BCUT2D eigenvalue weighted by atomic mass is 9.98. The molecule has 0 aromatic heterocycles. The van der Waals surface area contributed by atoms with Crippen molar-refractivity contribution in [3.63, 3.8) is 0 Å². The van der Waals surface area contributed by atoms with Crippen molar-refractivity contribution in [1.29, 1.82) is 0 Å². The predicted octanol–water partition coefficient (Wildman–Crippen LogP) is 1.05. The molecule has 0 bridgehead atoms. The molecule has 1 aromatic rings. The summed E-state index contributed by atoms with van der Waals surface area (Å²) in [7, 11) is 0. The number of epoxide rings is 2. The molecular weight excluding hydrogens is 344 g/mol. The molecule has 0 spiro atoms. The quantitative estimate of drug-likeness (QED) is 0.290.